The number of benzene rings is 1. The van der Waals surface area contributed by atoms with Crippen molar-refractivity contribution in [3.63, 3.8) is 0 Å². The van der Waals surface area contributed by atoms with Gasteiger partial charge in [-0.25, -0.2) is 0 Å². The number of methoxy groups -OCH3 is 1. The van der Waals surface area contributed by atoms with Gasteiger partial charge in [0, 0.05) is 23.5 Å². The zero-order valence-corrected chi connectivity index (χ0v) is 18.4. The van der Waals surface area contributed by atoms with Crippen LogP contribution in [0.2, 0.25) is 0 Å². The number of ether oxygens (including phenoxy) is 1. The molecule has 3 aromatic rings. The summed E-state index contributed by atoms with van der Waals surface area (Å²) in [5, 5.41) is 14.5. The largest absolute Gasteiger partial charge is 0.497 e. The lowest BCUT2D eigenvalue weighted by Crippen LogP contribution is -2.27. The van der Waals surface area contributed by atoms with Gasteiger partial charge in [-0.1, -0.05) is 31.2 Å². The van der Waals surface area contributed by atoms with Crippen LogP contribution in [-0.2, 0) is 17.8 Å². The average molecular weight is 431 g/mol. The van der Waals surface area contributed by atoms with E-state index in [1.165, 1.54) is 16.6 Å². The number of nitrogens with one attached hydrogen (secondary N) is 1. The molecule has 0 saturated heterocycles. The number of hydrogen-bond acceptors (Lipinski definition) is 6. The summed E-state index contributed by atoms with van der Waals surface area (Å²) in [5.41, 5.74) is 0.988. The summed E-state index contributed by atoms with van der Waals surface area (Å²) in [7, 11) is 1.65. The van der Waals surface area contributed by atoms with Gasteiger partial charge in [0.15, 0.2) is 11.0 Å². The first-order valence-corrected chi connectivity index (χ1v) is 11.6. The summed E-state index contributed by atoms with van der Waals surface area (Å²) in [4.78, 5) is 13.5. The Labute approximate surface area is 179 Å². The molecule has 0 spiro atoms. The van der Waals surface area contributed by atoms with Crippen molar-refractivity contribution in [3.05, 3.63) is 46.7 Å². The Morgan fingerprint density at radius 3 is 2.76 bits per heavy atom. The molecule has 0 fully saturated rings. The molecule has 3 rings (SSSR count). The maximum absolute atomic E-state index is 12.2. The molecule has 2 aromatic heterocycles. The fourth-order valence-corrected chi connectivity index (χ4v) is 4.33. The van der Waals surface area contributed by atoms with Gasteiger partial charge in [0.05, 0.1) is 12.9 Å². The Morgan fingerprint density at radius 1 is 1.24 bits per heavy atom. The lowest BCUT2D eigenvalue weighted by molar-refractivity contribution is -0.118. The molecule has 1 amide bonds. The first-order chi connectivity index (χ1) is 14.2. The maximum atomic E-state index is 12.2. The molecule has 29 heavy (non-hydrogen) atoms. The highest BCUT2D eigenvalue weighted by Gasteiger charge is 2.15. The highest BCUT2D eigenvalue weighted by molar-refractivity contribution is 7.99. The molecule has 0 bridgehead atoms. The molecule has 0 aliphatic carbocycles. The van der Waals surface area contributed by atoms with E-state index < -0.39 is 0 Å². The van der Waals surface area contributed by atoms with Gasteiger partial charge in [-0.2, -0.15) is 0 Å². The number of unbranched alkanes of at least 4 members (excludes halogenated alkanes) is 1. The van der Waals surface area contributed by atoms with Gasteiger partial charge in [0.1, 0.15) is 5.75 Å². The molecule has 8 heteroatoms. The van der Waals surface area contributed by atoms with Gasteiger partial charge in [-0.15, -0.1) is 21.5 Å². The Bertz CT molecular complexity index is 892. The first-order valence-electron chi connectivity index (χ1n) is 9.70. The van der Waals surface area contributed by atoms with Crippen molar-refractivity contribution in [1.82, 2.24) is 20.1 Å². The minimum absolute atomic E-state index is 0.0163. The molecule has 0 radical (unpaired) electrons. The first kappa shape index (κ1) is 21.4. The summed E-state index contributed by atoms with van der Waals surface area (Å²) >= 11 is 3.14. The van der Waals surface area contributed by atoms with E-state index in [0.717, 1.165) is 48.1 Å². The van der Waals surface area contributed by atoms with Crippen molar-refractivity contribution in [2.24, 2.45) is 0 Å². The molecule has 0 unspecified atom stereocenters. The average Bonchev–Trinajstić information content (AvgIpc) is 3.40. The fraction of sp³-hybridized carbons (Fsp3) is 0.381. The Morgan fingerprint density at radius 2 is 2.07 bits per heavy atom. The Kier molecular flexibility index (Phi) is 8.13. The van der Waals surface area contributed by atoms with Crippen molar-refractivity contribution >= 4 is 29.0 Å². The van der Waals surface area contributed by atoms with Crippen LogP contribution in [0.4, 0.5) is 0 Å². The highest BCUT2D eigenvalue weighted by Crippen LogP contribution is 2.26. The summed E-state index contributed by atoms with van der Waals surface area (Å²) in [6, 6.07) is 11.9. The van der Waals surface area contributed by atoms with Crippen LogP contribution in [0.1, 0.15) is 24.6 Å². The number of amides is 1. The van der Waals surface area contributed by atoms with Gasteiger partial charge >= 0.3 is 0 Å². The second-order valence-electron chi connectivity index (χ2n) is 6.51. The number of nitrogens with zero attached hydrogens (tertiary/aromatic N) is 3. The minimum atomic E-state index is 0.0163. The van der Waals surface area contributed by atoms with Crippen molar-refractivity contribution in [2.75, 3.05) is 19.4 Å². The molecular formula is C21H26N4O2S2. The zero-order valence-electron chi connectivity index (χ0n) is 16.8. The predicted molar refractivity (Wildman–Crippen MR) is 119 cm³/mol. The second-order valence-corrected chi connectivity index (χ2v) is 8.48. The second kappa shape index (κ2) is 11.0. The van der Waals surface area contributed by atoms with Crippen LogP contribution in [0.25, 0.3) is 11.4 Å². The van der Waals surface area contributed by atoms with Crippen LogP contribution in [0.15, 0.2) is 46.9 Å². The Hall–Kier alpha value is -2.32. The highest BCUT2D eigenvalue weighted by atomic mass is 32.2. The number of aromatic nitrogens is 3. The monoisotopic (exact) mass is 430 g/mol. The van der Waals surface area contributed by atoms with Crippen molar-refractivity contribution in [2.45, 2.75) is 37.9 Å². The topological polar surface area (TPSA) is 69.0 Å². The Balaban J connectivity index is 1.61. The predicted octanol–water partition coefficient (Wildman–Crippen LogP) is 4.27. The van der Waals surface area contributed by atoms with E-state index in [0.29, 0.717) is 12.3 Å². The molecule has 0 atom stereocenters. The summed E-state index contributed by atoms with van der Waals surface area (Å²) in [6.45, 7) is 3.64. The molecule has 0 aliphatic rings. The van der Waals surface area contributed by atoms with E-state index in [1.807, 2.05) is 30.3 Å². The van der Waals surface area contributed by atoms with Crippen molar-refractivity contribution < 1.29 is 9.53 Å². The zero-order chi connectivity index (χ0) is 20.5. The van der Waals surface area contributed by atoms with Crippen LogP contribution in [0, 0.1) is 0 Å². The van der Waals surface area contributed by atoms with Gasteiger partial charge in [0.25, 0.3) is 0 Å². The van der Waals surface area contributed by atoms with Gasteiger partial charge in [-0.3, -0.25) is 4.79 Å². The number of thioether (sulfide) groups is 1. The summed E-state index contributed by atoms with van der Waals surface area (Å²) in [5.74, 6) is 1.98. The number of rotatable bonds is 11. The number of carbonyl (C=O) groups is 1. The molecule has 1 N–H and O–H groups in total. The molecule has 0 aliphatic heterocycles. The van der Waals surface area contributed by atoms with Crippen LogP contribution in [0.5, 0.6) is 5.75 Å². The molecule has 6 nitrogen and oxygen atoms in total. The third-order valence-electron chi connectivity index (χ3n) is 4.41. The number of thiophene rings is 1. The third-order valence-corrected chi connectivity index (χ3v) is 6.31. The number of hydrogen-bond donors (Lipinski definition) is 1. The molecule has 1 aromatic carbocycles. The van der Waals surface area contributed by atoms with Gasteiger partial charge in [0.2, 0.25) is 5.91 Å². The standard InChI is InChI=1S/C21H26N4O2S2/c1-3-4-13-25-20(16-7-9-17(27-2)10-8-16)23-24-21(25)29-15-19(26)22-12-11-18-6-5-14-28-18/h5-10,14H,3-4,11-13,15H2,1-2H3,(H,22,26). The normalized spacial score (nSPS) is 10.8. The number of carbonyl (C=O) groups excluding carboxylic acids is 1. The molecule has 154 valence electrons. The van der Waals surface area contributed by atoms with Crippen molar-refractivity contribution in [3.8, 4) is 17.1 Å². The van der Waals surface area contributed by atoms with Crippen LogP contribution < -0.4 is 10.1 Å². The smallest absolute Gasteiger partial charge is 0.230 e. The van der Waals surface area contributed by atoms with E-state index in [2.05, 4.69) is 38.5 Å². The van der Waals surface area contributed by atoms with Crippen LogP contribution in [0.3, 0.4) is 0 Å². The van der Waals surface area contributed by atoms with E-state index in [1.54, 1.807) is 18.4 Å². The van der Waals surface area contributed by atoms with E-state index in [4.69, 9.17) is 4.74 Å². The maximum Gasteiger partial charge on any atom is 0.230 e. The van der Waals surface area contributed by atoms with Gasteiger partial charge in [-0.05, 0) is 48.6 Å². The molecule has 0 saturated carbocycles. The summed E-state index contributed by atoms with van der Waals surface area (Å²) in [6.07, 6.45) is 2.97. The van der Waals surface area contributed by atoms with E-state index in [9.17, 15) is 4.79 Å². The fourth-order valence-electron chi connectivity index (χ4n) is 2.83. The van der Waals surface area contributed by atoms with E-state index in [-0.39, 0.29) is 5.91 Å². The minimum Gasteiger partial charge on any atom is -0.497 e. The van der Waals surface area contributed by atoms with Crippen molar-refractivity contribution in [1.29, 1.82) is 0 Å². The van der Waals surface area contributed by atoms with Crippen LogP contribution in [-0.4, -0.2) is 40.1 Å². The lowest BCUT2D eigenvalue weighted by atomic mass is 10.2. The van der Waals surface area contributed by atoms with Crippen LogP contribution >= 0.6 is 23.1 Å². The quantitative estimate of drug-likeness (QED) is 0.460. The lowest BCUT2D eigenvalue weighted by Gasteiger charge is -2.10. The van der Waals surface area contributed by atoms with E-state index >= 15 is 0 Å². The molecular weight excluding hydrogens is 404 g/mol. The molecule has 2 heterocycles. The summed E-state index contributed by atoms with van der Waals surface area (Å²) < 4.78 is 7.34. The SMILES string of the molecule is CCCCn1c(SCC(=O)NCCc2cccs2)nnc1-c1ccc(OC)cc1. The van der Waals surface area contributed by atoms with Gasteiger partial charge < -0.3 is 14.6 Å². The third kappa shape index (κ3) is 6.08.